The molecule has 3 nitrogen and oxygen atoms in total. The van der Waals surface area contributed by atoms with Crippen molar-refractivity contribution in [3.8, 4) is 0 Å². The maximum Gasteiger partial charge on any atom is 0.298 e. The van der Waals surface area contributed by atoms with Crippen LogP contribution in [-0.2, 0) is 0 Å². The van der Waals surface area contributed by atoms with Gasteiger partial charge in [0.25, 0.3) is 10.6 Å². The molecule has 0 aromatic heterocycles. The first-order valence-electron chi connectivity index (χ1n) is 3.47. The van der Waals surface area contributed by atoms with Crippen molar-refractivity contribution in [2.24, 2.45) is 0 Å². The van der Waals surface area contributed by atoms with Crippen LogP contribution < -0.4 is 5.32 Å². The van der Waals surface area contributed by atoms with Crippen LogP contribution in [0.15, 0.2) is 30.3 Å². The predicted molar refractivity (Wildman–Crippen MR) is 50.6 cm³/mol. The lowest BCUT2D eigenvalue weighted by atomic mass is 10.2. The highest BCUT2D eigenvalue weighted by Gasteiger charge is 2.22. The lowest BCUT2D eigenvalue weighted by Gasteiger charge is -2.13. The van der Waals surface area contributed by atoms with Crippen molar-refractivity contribution in [3.05, 3.63) is 35.9 Å². The molecule has 70 valence electrons. The molecule has 0 fully saturated rings. The molecule has 1 aromatic carbocycles. The number of alkyl halides is 2. The molecule has 1 amide bonds. The Hall–Kier alpha value is -0.770. The second-order valence-electron chi connectivity index (χ2n) is 2.36. The third-order valence-corrected chi connectivity index (χ3v) is 1.49. The van der Waals surface area contributed by atoms with Crippen molar-refractivity contribution < 1.29 is 9.90 Å². The lowest BCUT2D eigenvalue weighted by Crippen LogP contribution is -2.38. The van der Waals surface area contributed by atoms with E-state index >= 15 is 0 Å². The second kappa shape index (κ2) is 3.96. The number of benzene rings is 1. The Balaban J connectivity index is 2.71. The highest BCUT2D eigenvalue weighted by Crippen LogP contribution is 2.12. The van der Waals surface area contributed by atoms with Crippen LogP contribution in [0.4, 0.5) is 0 Å². The van der Waals surface area contributed by atoms with E-state index in [1.165, 1.54) is 0 Å². The Bertz CT molecular complexity index is 295. The van der Waals surface area contributed by atoms with Crippen molar-refractivity contribution in [1.29, 1.82) is 0 Å². The Morgan fingerprint density at radius 2 is 1.85 bits per heavy atom. The fourth-order valence-corrected chi connectivity index (χ4v) is 0.970. The quantitative estimate of drug-likeness (QED) is 0.450. The van der Waals surface area contributed by atoms with E-state index in [0.717, 1.165) is 0 Å². The second-order valence-corrected chi connectivity index (χ2v) is 3.65. The number of amides is 1. The summed E-state index contributed by atoms with van der Waals surface area (Å²) in [4.78, 5) is 11.2. The number of rotatable bonds is 2. The smallest absolute Gasteiger partial charge is 0.298 e. The monoisotopic (exact) mass is 219 g/mol. The normalized spacial score (nSPS) is 11.0. The van der Waals surface area contributed by atoms with E-state index in [1.807, 2.05) is 5.32 Å². The zero-order valence-electron chi connectivity index (χ0n) is 6.50. The molecule has 0 unspecified atom stereocenters. The van der Waals surface area contributed by atoms with E-state index in [1.54, 1.807) is 30.3 Å². The number of hydrogen-bond donors (Lipinski definition) is 2. The number of aliphatic hydroxyl groups is 1. The van der Waals surface area contributed by atoms with Crippen molar-refractivity contribution >= 4 is 29.1 Å². The van der Waals surface area contributed by atoms with Crippen molar-refractivity contribution in [2.75, 3.05) is 0 Å². The van der Waals surface area contributed by atoms with Gasteiger partial charge in [-0.2, -0.15) is 0 Å². The van der Waals surface area contributed by atoms with E-state index in [4.69, 9.17) is 28.3 Å². The number of nitrogens with one attached hydrogen (secondary N) is 1. The van der Waals surface area contributed by atoms with Gasteiger partial charge in [-0.05, 0) is 35.3 Å². The molecule has 5 heteroatoms. The van der Waals surface area contributed by atoms with Gasteiger partial charge in [0.2, 0.25) is 0 Å². The Morgan fingerprint density at radius 3 is 2.31 bits per heavy atom. The minimum absolute atomic E-state index is 0.377. The summed E-state index contributed by atoms with van der Waals surface area (Å²) in [5, 5.41) is 10.8. The van der Waals surface area contributed by atoms with Crippen LogP contribution in [0.2, 0.25) is 0 Å². The molecule has 1 rings (SSSR count). The van der Waals surface area contributed by atoms with E-state index in [2.05, 4.69) is 0 Å². The maximum atomic E-state index is 11.2. The van der Waals surface area contributed by atoms with Gasteiger partial charge in [0.1, 0.15) is 0 Å². The van der Waals surface area contributed by atoms with Crippen LogP contribution in [0.1, 0.15) is 10.4 Å². The predicted octanol–water partition coefficient (Wildman–Crippen LogP) is 1.50. The molecule has 1 aromatic rings. The largest absolute Gasteiger partial charge is 0.346 e. The minimum atomic E-state index is -2.23. The van der Waals surface area contributed by atoms with Gasteiger partial charge in [-0.3, -0.25) is 10.1 Å². The van der Waals surface area contributed by atoms with Gasteiger partial charge in [0.15, 0.2) is 0 Å². The first-order valence-corrected chi connectivity index (χ1v) is 4.22. The first kappa shape index (κ1) is 10.3. The summed E-state index contributed by atoms with van der Waals surface area (Å²) in [6.45, 7) is 0. The van der Waals surface area contributed by atoms with Crippen LogP contribution in [0, 0.1) is 0 Å². The average molecular weight is 220 g/mol. The summed E-state index contributed by atoms with van der Waals surface area (Å²) in [6.07, 6.45) is 0. The zero-order valence-corrected chi connectivity index (χ0v) is 8.01. The highest BCUT2D eigenvalue weighted by atomic mass is 35.5. The molecule has 0 saturated carbocycles. The zero-order chi connectivity index (χ0) is 9.90. The fraction of sp³-hybridized carbons (Fsp3) is 0.125. The van der Waals surface area contributed by atoms with Gasteiger partial charge in [-0.15, -0.1) is 0 Å². The molecule has 13 heavy (non-hydrogen) atoms. The first-order chi connectivity index (χ1) is 5.99. The summed E-state index contributed by atoms with van der Waals surface area (Å²) < 4.78 is -2.23. The SMILES string of the molecule is O=C(NC(O)(Cl)Cl)c1ccccc1. The molecule has 0 radical (unpaired) electrons. The molecule has 0 aliphatic carbocycles. The summed E-state index contributed by atoms with van der Waals surface area (Å²) in [6, 6.07) is 8.31. The van der Waals surface area contributed by atoms with Gasteiger partial charge >= 0.3 is 0 Å². The van der Waals surface area contributed by atoms with Gasteiger partial charge in [-0.25, -0.2) is 0 Å². The Labute approximate surface area is 85.3 Å². The molecular formula is C8H7Cl2NO2. The van der Waals surface area contributed by atoms with Gasteiger partial charge in [-0.1, -0.05) is 18.2 Å². The van der Waals surface area contributed by atoms with E-state index < -0.39 is 10.6 Å². The van der Waals surface area contributed by atoms with Crippen LogP contribution in [-0.4, -0.2) is 15.7 Å². The van der Waals surface area contributed by atoms with E-state index in [0.29, 0.717) is 5.56 Å². The fourth-order valence-electron chi connectivity index (χ4n) is 0.798. The molecule has 0 bridgehead atoms. The summed E-state index contributed by atoms with van der Waals surface area (Å²) >= 11 is 10.3. The lowest BCUT2D eigenvalue weighted by molar-refractivity contribution is 0.0843. The van der Waals surface area contributed by atoms with Gasteiger partial charge in [0.05, 0.1) is 0 Å². The van der Waals surface area contributed by atoms with Gasteiger partial charge in [0, 0.05) is 5.56 Å². The molecule has 2 N–H and O–H groups in total. The van der Waals surface area contributed by atoms with E-state index in [9.17, 15) is 4.79 Å². The summed E-state index contributed by atoms with van der Waals surface area (Å²) in [7, 11) is 0. The highest BCUT2D eigenvalue weighted by molar-refractivity contribution is 6.47. The van der Waals surface area contributed by atoms with Crippen molar-refractivity contribution in [1.82, 2.24) is 5.32 Å². The number of hydrogen-bond acceptors (Lipinski definition) is 2. The third-order valence-electron chi connectivity index (χ3n) is 1.30. The van der Waals surface area contributed by atoms with Gasteiger partial charge < -0.3 is 5.11 Å². The average Bonchev–Trinajstić information content (AvgIpc) is 2.03. The van der Waals surface area contributed by atoms with Crippen LogP contribution >= 0.6 is 23.2 Å². The topological polar surface area (TPSA) is 49.3 Å². The third kappa shape index (κ3) is 3.63. The van der Waals surface area contributed by atoms with E-state index in [-0.39, 0.29) is 0 Å². The standard InChI is InChI=1S/C8H7Cl2NO2/c9-8(10,13)11-7(12)6-4-2-1-3-5-6/h1-5,13H,(H,11,12). The molecule has 0 saturated heterocycles. The van der Waals surface area contributed by atoms with Crippen LogP contribution in [0.25, 0.3) is 0 Å². The molecule has 0 atom stereocenters. The Kier molecular flexibility index (Phi) is 3.14. The number of carbonyl (C=O) groups is 1. The molecule has 0 aliphatic rings. The van der Waals surface area contributed by atoms with Crippen LogP contribution in [0.3, 0.4) is 0 Å². The molecule has 0 aliphatic heterocycles. The van der Waals surface area contributed by atoms with Crippen LogP contribution in [0.5, 0.6) is 0 Å². The van der Waals surface area contributed by atoms with Crippen molar-refractivity contribution in [3.63, 3.8) is 0 Å². The minimum Gasteiger partial charge on any atom is -0.346 e. The molecule has 0 spiro atoms. The number of halogens is 2. The molecule has 0 heterocycles. The summed E-state index contributed by atoms with van der Waals surface area (Å²) in [5.74, 6) is -0.534. The maximum absolute atomic E-state index is 11.2. The summed E-state index contributed by atoms with van der Waals surface area (Å²) in [5.41, 5.74) is 0.377. The molecular weight excluding hydrogens is 213 g/mol. The number of carbonyl (C=O) groups excluding carboxylic acids is 1. The Morgan fingerprint density at radius 1 is 1.31 bits per heavy atom. The van der Waals surface area contributed by atoms with Crippen molar-refractivity contribution in [2.45, 2.75) is 4.64 Å².